The highest BCUT2D eigenvalue weighted by Gasteiger charge is 2.60. The van der Waals surface area contributed by atoms with Crippen LogP contribution in [0.15, 0.2) is 48.6 Å². The van der Waals surface area contributed by atoms with Crippen molar-refractivity contribution in [2.24, 2.45) is 0 Å². The summed E-state index contributed by atoms with van der Waals surface area (Å²) in [6.45, 7) is 0.453. The lowest BCUT2D eigenvalue weighted by Crippen LogP contribution is -2.60. The van der Waals surface area contributed by atoms with Crippen LogP contribution in [0.2, 0.25) is 0 Å². The van der Waals surface area contributed by atoms with Crippen molar-refractivity contribution >= 4 is 12.2 Å². The lowest BCUT2D eigenvalue weighted by molar-refractivity contribution is -0.138. The van der Waals surface area contributed by atoms with Crippen LogP contribution in [0, 0.1) is 0 Å². The second kappa shape index (κ2) is 8.61. The van der Waals surface area contributed by atoms with E-state index in [1.807, 2.05) is 0 Å². The Balaban J connectivity index is 1.54. The van der Waals surface area contributed by atoms with Crippen LogP contribution in [-0.2, 0) is 16.5 Å². The average Bonchev–Trinajstić information content (AvgIpc) is 3.45. The standard InChI is InChI=1S/C20H20F5N7O/c21-19(22)5-1-3-14(12-33)18(19,32-29-6-7-30-32)13-31-8-2-4-16(31)11-28-17-26-9-15(10-27-17)20(23,24)25/h1,3,5-7,9-10,12,16H,2,4,8,11,13H2,(H,26,27,28). The third-order valence-electron chi connectivity index (χ3n) is 5.90. The van der Waals surface area contributed by atoms with Gasteiger partial charge in [0.15, 0.2) is 5.54 Å². The van der Waals surface area contributed by atoms with Crippen LogP contribution in [-0.4, -0.2) is 67.7 Å². The van der Waals surface area contributed by atoms with Gasteiger partial charge in [-0.25, -0.2) is 9.97 Å². The quantitative estimate of drug-likeness (QED) is 0.493. The number of likely N-dealkylation sites (tertiary alicyclic amines) is 1. The van der Waals surface area contributed by atoms with E-state index in [2.05, 4.69) is 25.5 Å². The summed E-state index contributed by atoms with van der Waals surface area (Å²) < 4.78 is 68.8. The average molecular weight is 469 g/mol. The van der Waals surface area contributed by atoms with Gasteiger partial charge < -0.3 is 5.32 Å². The lowest BCUT2D eigenvalue weighted by atomic mass is 9.80. The molecule has 0 aromatic carbocycles. The van der Waals surface area contributed by atoms with Gasteiger partial charge >= 0.3 is 6.18 Å². The van der Waals surface area contributed by atoms with E-state index in [4.69, 9.17) is 0 Å². The molecule has 0 bridgehead atoms. The highest BCUT2D eigenvalue weighted by molar-refractivity contribution is 5.78. The van der Waals surface area contributed by atoms with Gasteiger partial charge in [0.2, 0.25) is 5.95 Å². The number of allylic oxidation sites excluding steroid dienone is 3. The van der Waals surface area contributed by atoms with Crippen molar-refractivity contribution in [1.82, 2.24) is 29.9 Å². The number of carbonyl (C=O) groups excluding carboxylic acids is 1. The Bertz CT molecular complexity index is 1040. The molecular formula is C20H20F5N7O. The fourth-order valence-electron chi connectivity index (χ4n) is 4.20. The van der Waals surface area contributed by atoms with Crippen LogP contribution in [0.4, 0.5) is 27.9 Å². The largest absolute Gasteiger partial charge is 0.419 e. The van der Waals surface area contributed by atoms with Crippen molar-refractivity contribution in [3.8, 4) is 0 Å². The van der Waals surface area contributed by atoms with Gasteiger partial charge in [0.1, 0.15) is 6.29 Å². The van der Waals surface area contributed by atoms with E-state index in [-0.39, 0.29) is 30.7 Å². The van der Waals surface area contributed by atoms with Gasteiger partial charge in [-0.2, -0.15) is 36.9 Å². The van der Waals surface area contributed by atoms with Crippen molar-refractivity contribution in [2.75, 3.05) is 25.0 Å². The molecule has 1 aliphatic heterocycles. The summed E-state index contributed by atoms with van der Waals surface area (Å²) in [4.78, 5) is 21.8. The van der Waals surface area contributed by atoms with Crippen molar-refractivity contribution in [3.63, 3.8) is 0 Å². The molecular weight excluding hydrogens is 449 g/mol. The highest BCUT2D eigenvalue weighted by Crippen LogP contribution is 2.45. The molecule has 33 heavy (non-hydrogen) atoms. The number of hydrogen-bond donors (Lipinski definition) is 1. The van der Waals surface area contributed by atoms with Gasteiger partial charge in [-0.3, -0.25) is 9.69 Å². The number of carbonyl (C=O) groups is 1. The first kappa shape index (κ1) is 23.0. The summed E-state index contributed by atoms with van der Waals surface area (Å²) in [6.07, 6.45) is 4.28. The molecule has 1 saturated heterocycles. The molecule has 1 N–H and O–H groups in total. The van der Waals surface area contributed by atoms with Gasteiger partial charge in [0.25, 0.3) is 5.92 Å². The van der Waals surface area contributed by atoms with E-state index in [9.17, 15) is 18.0 Å². The minimum Gasteiger partial charge on any atom is -0.353 e. The molecule has 8 nitrogen and oxygen atoms in total. The number of aromatic nitrogens is 5. The van der Waals surface area contributed by atoms with Gasteiger partial charge in [-0.05, 0) is 25.5 Å². The number of hydrogen-bond acceptors (Lipinski definition) is 7. The molecule has 2 atom stereocenters. The molecule has 2 aromatic heterocycles. The molecule has 13 heteroatoms. The number of nitrogens with one attached hydrogen (secondary N) is 1. The van der Waals surface area contributed by atoms with E-state index in [0.29, 0.717) is 38.1 Å². The molecule has 2 aliphatic rings. The Morgan fingerprint density at radius 1 is 1.18 bits per heavy atom. The highest BCUT2D eigenvalue weighted by atomic mass is 19.4. The van der Waals surface area contributed by atoms with Crippen LogP contribution >= 0.6 is 0 Å². The monoisotopic (exact) mass is 469 g/mol. The molecule has 0 spiro atoms. The Kier molecular flexibility index (Phi) is 5.99. The third kappa shape index (κ3) is 4.24. The normalized spacial score (nSPS) is 25.1. The molecule has 0 amide bonds. The Labute approximate surface area is 185 Å². The van der Waals surface area contributed by atoms with E-state index < -0.39 is 23.2 Å². The van der Waals surface area contributed by atoms with Gasteiger partial charge in [-0.1, -0.05) is 12.2 Å². The first-order valence-corrected chi connectivity index (χ1v) is 10.1. The number of nitrogens with zero attached hydrogens (tertiary/aromatic N) is 6. The molecule has 0 radical (unpaired) electrons. The minimum absolute atomic E-state index is 0.00212. The van der Waals surface area contributed by atoms with Crippen molar-refractivity contribution in [3.05, 3.63) is 54.2 Å². The second-order valence-electron chi connectivity index (χ2n) is 7.84. The van der Waals surface area contributed by atoms with Gasteiger partial charge in [0.05, 0.1) is 18.0 Å². The molecule has 2 unspecified atom stereocenters. The Morgan fingerprint density at radius 3 is 2.52 bits per heavy atom. The summed E-state index contributed by atoms with van der Waals surface area (Å²) in [6, 6.07) is -0.252. The van der Waals surface area contributed by atoms with Crippen molar-refractivity contribution in [2.45, 2.75) is 36.5 Å². The first-order valence-electron chi connectivity index (χ1n) is 10.1. The molecule has 1 fully saturated rings. The molecule has 176 valence electrons. The fraction of sp³-hybridized carbons (Fsp3) is 0.450. The van der Waals surface area contributed by atoms with E-state index in [0.717, 1.165) is 16.9 Å². The second-order valence-corrected chi connectivity index (χ2v) is 7.84. The summed E-state index contributed by atoms with van der Waals surface area (Å²) in [7, 11) is 0. The van der Waals surface area contributed by atoms with Crippen LogP contribution in [0.5, 0.6) is 0 Å². The van der Waals surface area contributed by atoms with Crippen LogP contribution < -0.4 is 5.32 Å². The SMILES string of the molecule is O=CC1=CC=CC(F)(F)C1(CN1CCCC1CNc1ncc(C(F)(F)F)cn1)n1nccn1. The van der Waals surface area contributed by atoms with Gasteiger partial charge in [-0.15, -0.1) is 0 Å². The zero-order chi connectivity index (χ0) is 23.7. The zero-order valence-electron chi connectivity index (χ0n) is 17.2. The minimum atomic E-state index is -4.54. The van der Waals surface area contributed by atoms with Crippen LogP contribution in [0.1, 0.15) is 18.4 Å². The Morgan fingerprint density at radius 2 is 1.88 bits per heavy atom. The summed E-state index contributed by atoms with van der Waals surface area (Å²) >= 11 is 0. The maximum atomic E-state index is 15.3. The summed E-state index contributed by atoms with van der Waals surface area (Å²) in [5.74, 6) is -3.45. The lowest BCUT2D eigenvalue weighted by Gasteiger charge is -2.43. The predicted octanol–water partition coefficient (Wildman–Crippen LogP) is 2.69. The smallest absolute Gasteiger partial charge is 0.353 e. The molecule has 3 heterocycles. The third-order valence-corrected chi connectivity index (χ3v) is 5.90. The maximum Gasteiger partial charge on any atom is 0.419 e. The Hall–Kier alpha value is -3.22. The number of anilines is 1. The molecule has 2 aromatic rings. The topological polar surface area (TPSA) is 88.8 Å². The van der Waals surface area contributed by atoms with E-state index in [1.165, 1.54) is 18.5 Å². The number of alkyl halides is 5. The van der Waals surface area contributed by atoms with Crippen LogP contribution in [0.3, 0.4) is 0 Å². The van der Waals surface area contributed by atoms with Crippen molar-refractivity contribution in [1.29, 1.82) is 0 Å². The number of rotatable bonds is 7. The summed E-state index contributed by atoms with van der Waals surface area (Å²) in [5, 5.41) is 10.7. The van der Waals surface area contributed by atoms with Gasteiger partial charge in [0, 0.05) is 37.1 Å². The maximum absolute atomic E-state index is 15.3. The molecule has 4 rings (SSSR count). The zero-order valence-corrected chi connectivity index (χ0v) is 17.2. The number of aldehydes is 1. The summed E-state index contributed by atoms with van der Waals surface area (Å²) in [5.41, 5.74) is -3.26. The van der Waals surface area contributed by atoms with Crippen LogP contribution in [0.25, 0.3) is 0 Å². The van der Waals surface area contributed by atoms with Crippen molar-refractivity contribution < 1.29 is 26.7 Å². The molecule has 1 aliphatic carbocycles. The predicted molar refractivity (Wildman–Crippen MR) is 106 cm³/mol. The fourth-order valence-corrected chi connectivity index (χ4v) is 4.20. The first-order chi connectivity index (χ1) is 15.7. The van der Waals surface area contributed by atoms with E-state index >= 15 is 8.78 Å². The number of halogens is 5. The van der Waals surface area contributed by atoms with E-state index in [1.54, 1.807) is 4.90 Å². The molecule has 0 saturated carbocycles.